The van der Waals surface area contributed by atoms with Gasteiger partial charge < -0.3 is 19.9 Å². The fourth-order valence-corrected chi connectivity index (χ4v) is 3.97. The smallest absolute Gasteiger partial charge is 0.136 e. The molecule has 4 rings (SSSR count). The molecule has 2 aliphatic rings. The Bertz CT molecular complexity index is 775. The molecule has 0 amide bonds. The van der Waals surface area contributed by atoms with Crippen molar-refractivity contribution >= 4 is 23.0 Å². The van der Waals surface area contributed by atoms with Gasteiger partial charge in [0.05, 0.1) is 24.6 Å². The zero-order valence-corrected chi connectivity index (χ0v) is 16.3. The van der Waals surface area contributed by atoms with Crippen molar-refractivity contribution in [3.05, 3.63) is 36.2 Å². The molecule has 2 saturated heterocycles. The predicted molar refractivity (Wildman–Crippen MR) is 110 cm³/mol. The highest BCUT2D eigenvalue weighted by Gasteiger charge is 2.19. The van der Waals surface area contributed by atoms with E-state index < -0.39 is 0 Å². The molecule has 1 N–H and O–H groups in total. The first-order valence-electron chi connectivity index (χ1n) is 9.98. The first-order valence-corrected chi connectivity index (χ1v) is 9.98. The standard InChI is InChI=1S/C21H29N5O/c1-16-6-5-9-26(15-16)21-14-20(22-17(2)23-21)24-18-7-3-4-8-19(18)25-10-12-27-13-11-25/h3-4,7-8,14,16H,5-6,9-13,15H2,1-2H3,(H,22,23,24). The van der Waals surface area contributed by atoms with Crippen molar-refractivity contribution in [2.75, 3.05) is 54.5 Å². The maximum absolute atomic E-state index is 5.50. The Balaban J connectivity index is 1.58. The number of aryl methyl sites for hydroxylation is 1. The maximum atomic E-state index is 5.50. The van der Waals surface area contributed by atoms with Crippen molar-refractivity contribution in [1.82, 2.24) is 9.97 Å². The summed E-state index contributed by atoms with van der Waals surface area (Å²) in [7, 11) is 0. The van der Waals surface area contributed by atoms with E-state index in [0.29, 0.717) is 5.92 Å². The van der Waals surface area contributed by atoms with Crippen molar-refractivity contribution in [2.45, 2.75) is 26.7 Å². The van der Waals surface area contributed by atoms with E-state index in [-0.39, 0.29) is 0 Å². The minimum atomic E-state index is 0.715. The summed E-state index contributed by atoms with van der Waals surface area (Å²) in [6.45, 7) is 9.81. The SMILES string of the molecule is Cc1nc(Nc2ccccc2N2CCOCC2)cc(N2CCCC(C)C2)n1. The van der Waals surface area contributed by atoms with Gasteiger partial charge in [0.1, 0.15) is 17.5 Å². The van der Waals surface area contributed by atoms with Gasteiger partial charge in [0, 0.05) is 32.2 Å². The predicted octanol–water partition coefficient (Wildman–Crippen LogP) is 3.60. The number of benzene rings is 1. The second-order valence-electron chi connectivity index (χ2n) is 7.59. The quantitative estimate of drug-likeness (QED) is 0.891. The average Bonchev–Trinajstić information content (AvgIpc) is 2.69. The minimum absolute atomic E-state index is 0.715. The van der Waals surface area contributed by atoms with E-state index in [2.05, 4.69) is 57.4 Å². The number of hydrogen-bond acceptors (Lipinski definition) is 6. The summed E-state index contributed by atoms with van der Waals surface area (Å²) in [5.74, 6) is 3.40. The number of rotatable bonds is 4. The first-order chi connectivity index (χ1) is 13.2. The summed E-state index contributed by atoms with van der Waals surface area (Å²) < 4.78 is 5.50. The molecule has 0 radical (unpaired) electrons. The van der Waals surface area contributed by atoms with E-state index >= 15 is 0 Å². The minimum Gasteiger partial charge on any atom is -0.378 e. The fourth-order valence-electron chi connectivity index (χ4n) is 3.97. The number of piperidine rings is 1. The molecule has 0 aliphatic carbocycles. The van der Waals surface area contributed by atoms with Crippen LogP contribution in [0.5, 0.6) is 0 Å². The van der Waals surface area contributed by atoms with Gasteiger partial charge in [-0.1, -0.05) is 19.1 Å². The van der Waals surface area contributed by atoms with E-state index in [4.69, 9.17) is 9.72 Å². The topological polar surface area (TPSA) is 53.5 Å². The van der Waals surface area contributed by atoms with E-state index in [0.717, 1.165) is 62.5 Å². The molecule has 0 bridgehead atoms. The Labute approximate surface area is 161 Å². The molecule has 0 spiro atoms. The third-order valence-corrected chi connectivity index (χ3v) is 5.32. The molecule has 1 unspecified atom stereocenters. The van der Waals surface area contributed by atoms with Crippen molar-refractivity contribution in [3.8, 4) is 0 Å². The number of hydrogen-bond donors (Lipinski definition) is 1. The number of ether oxygens (including phenoxy) is 1. The molecular weight excluding hydrogens is 338 g/mol. The van der Waals surface area contributed by atoms with Gasteiger partial charge in [-0.15, -0.1) is 0 Å². The normalized spacial score (nSPS) is 20.6. The van der Waals surface area contributed by atoms with Gasteiger partial charge >= 0.3 is 0 Å². The van der Waals surface area contributed by atoms with Crippen LogP contribution in [0.3, 0.4) is 0 Å². The van der Waals surface area contributed by atoms with Gasteiger partial charge in [-0.3, -0.25) is 0 Å². The summed E-state index contributed by atoms with van der Waals surface area (Å²) in [5.41, 5.74) is 2.28. The van der Waals surface area contributed by atoms with Crippen LogP contribution in [0.25, 0.3) is 0 Å². The first kappa shape index (κ1) is 18.0. The van der Waals surface area contributed by atoms with Gasteiger partial charge in [-0.25, -0.2) is 9.97 Å². The van der Waals surface area contributed by atoms with Crippen LogP contribution in [0.15, 0.2) is 30.3 Å². The number of para-hydroxylation sites is 2. The molecule has 1 atom stereocenters. The molecule has 144 valence electrons. The van der Waals surface area contributed by atoms with Gasteiger partial charge in [0.2, 0.25) is 0 Å². The Morgan fingerprint density at radius 3 is 2.70 bits per heavy atom. The maximum Gasteiger partial charge on any atom is 0.136 e. The number of morpholine rings is 1. The Kier molecular flexibility index (Phi) is 5.43. The molecule has 3 heterocycles. The van der Waals surface area contributed by atoms with E-state index in [1.807, 2.05) is 6.92 Å². The van der Waals surface area contributed by atoms with Crippen LogP contribution >= 0.6 is 0 Å². The fraction of sp³-hybridized carbons (Fsp3) is 0.524. The van der Waals surface area contributed by atoms with Crippen molar-refractivity contribution in [1.29, 1.82) is 0 Å². The summed E-state index contributed by atoms with van der Waals surface area (Å²) in [6.07, 6.45) is 2.53. The Hall–Kier alpha value is -2.34. The third kappa shape index (κ3) is 4.33. The third-order valence-electron chi connectivity index (χ3n) is 5.32. The highest BCUT2D eigenvalue weighted by molar-refractivity contribution is 5.75. The molecule has 6 nitrogen and oxygen atoms in total. The van der Waals surface area contributed by atoms with Crippen LogP contribution in [0.2, 0.25) is 0 Å². The second kappa shape index (κ2) is 8.13. The lowest BCUT2D eigenvalue weighted by molar-refractivity contribution is 0.123. The monoisotopic (exact) mass is 367 g/mol. The molecule has 0 saturated carbocycles. The summed E-state index contributed by atoms with van der Waals surface area (Å²) >= 11 is 0. The molecule has 1 aromatic carbocycles. The van der Waals surface area contributed by atoms with E-state index in [1.54, 1.807) is 0 Å². The van der Waals surface area contributed by atoms with E-state index in [9.17, 15) is 0 Å². The second-order valence-corrected chi connectivity index (χ2v) is 7.59. The van der Waals surface area contributed by atoms with E-state index in [1.165, 1.54) is 18.5 Å². The lowest BCUT2D eigenvalue weighted by atomic mass is 10.0. The summed E-state index contributed by atoms with van der Waals surface area (Å²) in [5, 5.41) is 3.54. The summed E-state index contributed by atoms with van der Waals surface area (Å²) in [4.78, 5) is 14.1. The highest BCUT2D eigenvalue weighted by Crippen LogP contribution is 2.30. The van der Waals surface area contributed by atoms with Crippen molar-refractivity contribution < 1.29 is 4.74 Å². The molecule has 6 heteroatoms. The van der Waals surface area contributed by atoms with Crippen molar-refractivity contribution in [3.63, 3.8) is 0 Å². The van der Waals surface area contributed by atoms with Crippen LogP contribution in [-0.4, -0.2) is 49.4 Å². The molecule has 2 aliphatic heterocycles. The molecule has 27 heavy (non-hydrogen) atoms. The zero-order chi connectivity index (χ0) is 18.6. The molecule has 1 aromatic heterocycles. The number of anilines is 4. The van der Waals surface area contributed by atoms with Crippen LogP contribution in [0, 0.1) is 12.8 Å². The lowest BCUT2D eigenvalue weighted by Crippen LogP contribution is -2.36. The van der Waals surface area contributed by atoms with Crippen molar-refractivity contribution in [2.24, 2.45) is 5.92 Å². The Morgan fingerprint density at radius 1 is 1.07 bits per heavy atom. The zero-order valence-electron chi connectivity index (χ0n) is 16.3. The van der Waals surface area contributed by atoms with Crippen LogP contribution < -0.4 is 15.1 Å². The van der Waals surface area contributed by atoms with Gasteiger partial charge in [-0.05, 0) is 37.8 Å². The molecular formula is C21H29N5O. The largest absolute Gasteiger partial charge is 0.378 e. The van der Waals surface area contributed by atoms with Gasteiger partial charge in [-0.2, -0.15) is 0 Å². The lowest BCUT2D eigenvalue weighted by Gasteiger charge is -2.32. The summed E-state index contributed by atoms with van der Waals surface area (Å²) in [6, 6.07) is 10.5. The number of nitrogens with one attached hydrogen (secondary N) is 1. The van der Waals surface area contributed by atoms with Gasteiger partial charge in [0.25, 0.3) is 0 Å². The number of aromatic nitrogens is 2. The molecule has 2 aromatic rings. The van der Waals surface area contributed by atoms with Crippen LogP contribution in [0.4, 0.5) is 23.0 Å². The van der Waals surface area contributed by atoms with Crippen LogP contribution in [0.1, 0.15) is 25.6 Å². The van der Waals surface area contributed by atoms with Gasteiger partial charge in [0.15, 0.2) is 0 Å². The number of nitrogens with zero attached hydrogens (tertiary/aromatic N) is 4. The Morgan fingerprint density at radius 2 is 1.89 bits per heavy atom. The van der Waals surface area contributed by atoms with Crippen LogP contribution in [-0.2, 0) is 4.74 Å². The highest BCUT2D eigenvalue weighted by atomic mass is 16.5. The average molecular weight is 367 g/mol. The molecule has 2 fully saturated rings.